The van der Waals surface area contributed by atoms with Crippen molar-refractivity contribution in [3.63, 3.8) is 0 Å². The molecule has 0 saturated heterocycles. The van der Waals surface area contributed by atoms with Gasteiger partial charge in [-0.05, 0) is 39.3 Å². The van der Waals surface area contributed by atoms with Crippen LogP contribution in [-0.4, -0.2) is 12.6 Å². The van der Waals surface area contributed by atoms with E-state index in [1.807, 2.05) is 6.92 Å². The molecule has 1 N–H and O–H groups in total. The van der Waals surface area contributed by atoms with Crippen molar-refractivity contribution in [3.05, 3.63) is 23.2 Å². The summed E-state index contributed by atoms with van der Waals surface area (Å²) >= 11 is 0. The molecule has 1 heterocycles. The predicted octanol–water partition coefficient (Wildman–Crippen LogP) is 3.40. The second kappa shape index (κ2) is 7.51. The van der Waals surface area contributed by atoms with E-state index >= 15 is 0 Å². The summed E-state index contributed by atoms with van der Waals surface area (Å²) < 4.78 is 11.3. The lowest BCUT2D eigenvalue weighted by Gasteiger charge is -2.08. The van der Waals surface area contributed by atoms with Gasteiger partial charge in [-0.3, -0.25) is 0 Å². The third kappa shape index (κ3) is 4.92. The molecule has 0 amide bonds. The average molecular weight is 239 g/mol. The summed E-state index contributed by atoms with van der Waals surface area (Å²) in [5.74, 6) is 1.92. The number of aryl methyl sites for hydroxylation is 1. The third-order valence-corrected chi connectivity index (χ3v) is 2.90. The van der Waals surface area contributed by atoms with Crippen molar-refractivity contribution in [2.24, 2.45) is 0 Å². The summed E-state index contributed by atoms with van der Waals surface area (Å²) in [6.45, 7) is 10.9. The van der Waals surface area contributed by atoms with E-state index in [0.29, 0.717) is 12.7 Å². The molecule has 98 valence electrons. The van der Waals surface area contributed by atoms with Crippen LogP contribution in [-0.2, 0) is 17.9 Å². The molecule has 0 aromatic carbocycles. The molecule has 0 saturated carbocycles. The summed E-state index contributed by atoms with van der Waals surface area (Å²) in [7, 11) is 0. The molecular weight excluding hydrogens is 214 g/mol. The Morgan fingerprint density at radius 3 is 2.82 bits per heavy atom. The van der Waals surface area contributed by atoms with Crippen LogP contribution in [0.3, 0.4) is 0 Å². The normalized spacial score (nSPS) is 12.9. The summed E-state index contributed by atoms with van der Waals surface area (Å²) in [4.78, 5) is 0. The Morgan fingerprint density at radius 2 is 2.18 bits per heavy atom. The van der Waals surface area contributed by atoms with Crippen LogP contribution in [0.25, 0.3) is 0 Å². The van der Waals surface area contributed by atoms with Gasteiger partial charge in [-0.2, -0.15) is 0 Å². The van der Waals surface area contributed by atoms with Crippen LogP contribution in [0.1, 0.15) is 50.7 Å². The second-order valence-corrected chi connectivity index (χ2v) is 4.50. The quantitative estimate of drug-likeness (QED) is 0.706. The molecule has 1 unspecified atom stereocenters. The fourth-order valence-corrected chi connectivity index (χ4v) is 1.58. The topological polar surface area (TPSA) is 34.4 Å². The first kappa shape index (κ1) is 14.3. The number of rotatable bonds is 8. The van der Waals surface area contributed by atoms with Crippen LogP contribution in [0.15, 0.2) is 10.5 Å². The van der Waals surface area contributed by atoms with E-state index in [2.05, 4.69) is 32.2 Å². The highest BCUT2D eigenvalue weighted by Gasteiger charge is 2.08. The lowest BCUT2D eigenvalue weighted by atomic mass is 10.2. The average Bonchev–Trinajstić information content (AvgIpc) is 2.67. The Labute approximate surface area is 105 Å². The highest BCUT2D eigenvalue weighted by atomic mass is 16.5. The molecular formula is C14H25NO2. The highest BCUT2D eigenvalue weighted by Crippen LogP contribution is 2.16. The molecule has 0 radical (unpaired) electrons. The van der Waals surface area contributed by atoms with Crippen molar-refractivity contribution in [2.45, 2.75) is 59.8 Å². The second-order valence-electron chi connectivity index (χ2n) is 4.50. The molecule has 0 aliphatic carbocycles. The van der Waals surface area contributed by atoms with Gasteiger partial charge in [0.25, 0.3) is 0 Å². The van der Waals surface area contributed by atoms with Crippen molar-refractivity contribution in [3.8, 4) is 0 Å². The Bertz CT molecular complexity index is 320. The van der Waals surface area contributed by atoms with Gasteiger partial charge >= 0.3 is 0 Å². The first-order valence-corrected chi connectivity index (χ1v) is 6.57. The van der Waals surface area contributed by atoms with E-state index in [9.17, 15) is 0 Å². The number of hydrogen-bond acceptors (Lipinski definition) is 3. The van der Waals surface area contributed by atoms with Gasteiger partial charge < -0.3 is 14.5 Å². The maximum atomic E-state index is 5.68. The standard InChI is InChI=1S/C14H25NO2/c1-5-7-15-9-13-8-14(17-12(13)4)10-16-11(3)6-2/h8,11,15H,5-7,9-10H2,1-4H3. The molecule has 0 fully saturated rings. The van der Waals surface area contributed by atoms with Crippen molar-refractivity contribution in [2.75, 3.05) is 6.54 Å². The number of nitrogens with one attached hydrogen (secondary N) is 1. The maximum absolute atomic E-state index is 5.68. The van der Waals surface area contributed by atoms with E-state index in [0.717, 1.165) is 37.5 Å². The first-order valence-electron chi connectivity index (χ1n) is 6.57. The molecule has 0 aliphatic heterocycles. The minimum absolute atomic E-state index is 0.294. The number of hydrogen-bond donors (Lipinski definition) is 1. The van der Waals surface area contributed by atoms with Crippen LogP contribution in [0.2, 0.25) is 0 Å². The van der Waals surface area contributed by atoms with Crippen LogP contribution >= 0.6 is 0 Å². The van der Waals surface area contributed by atoms with Crippen molar-refractivity contribution < 1.29 is 9.15 Å². The minimum atomic E-state index is 0.294. The van der Waals surface area contributed by atoms with Gasteiger partial charge in [0.15, 0.2) is 0 Å². The molecule has 1 rings (SSSR count). The van der Waals surface area contributed by atoms with E-state index in [1.54, 1.807) is 0 Å². The fourth-order valence-electron chi connectivity index (χ4n) is 1.58. The zero-order chi connectivity index (χ0) is 12.7. The monoisotopic (exact) mass is 239 g/mol. The van der Waals surface area contributed by atoms with Crippen molar-refractivity contribution in [1.82, 2.24) is 5.32 Å². The lowest BCUT2D eigenvalue weighted by Crippen LogP contribution is -2.13. The fraction of sp³-hybridized carbons (Fsp3) is 0.714. The minimum Gasteiger partial charge on any atom is -0.464 e. The van der Waals surface area contributed by atoms with Crippen molar-refractivity contribution >= 4 is 0 Å². The summed E-state index contributed by atoms with van der Waals surface area (Å²) in [6.07, 6.45) is 2.48. The third-order valence-electron chi connectivity index (χ3n) is 2.90. The molecule has 1 aromatic rings. The molecule has 3 nitrogen and oxygen atoms in total. The van der Waals surface area contributed by atoms with E-state index in [1.165, 1.54) is 5.56 Å². The van der Waals surface area contributed by atoms with Crippen LogP contribution in [0, 0.1) is 6.92 Å². The van der Waals surface area contributed by atoms with Gasteiger partial charge in [-0.1, -0.05) is 13.8 Å². The maximum Gasteiger partial charge on any atom is 0.130 e. The van der Waals surface area contributed by atoms with Crippen molar-refractivity contribution in [1.29, 1.82) is 0 Å². The Morgan fingerprint density at radius 1 is 1.41 bits per heavy atom. The lowest BCUT2D eigenvalue weighted by molar-refractivity contribution is 0.0403. The Balaban J connectivity index is 2.44. The zero-order valence-electron chi connectivity index (χ0n) is 11.5. The number of furan rings is 1. The van der Waals surface area contributed by atoms with Gasteiger partial charge in [0.05, 0.1) is 6.10 Å². The molecule has 0 spiro atoms. The van der Waals surface area contributed by atoms with Crippen LogP contribution < -0.4 is 5.32 Å². The van der Waals surface area contributed by atoms with Crippen LogP contribution in [0.5, 0.6) is 0 Å². The van der Waals surface area contributed by atoms with Gasteiger partial charge in [0.1, 0.15) is 18.1 Å². The summed E-state index contributed by atoms with van der Waals surface area (Å²) in [5, 5.41) is 3.38. The van der Waals surface area contributed by atoms with Gasteiger partial charge in [0.2, 0.25) is 0 Å². The molecule has 0 aliphatic rings. The smallest absolute Gasteiger partial charge is 0.130 e. The SMILES string of the molecule is CCCNCc1cc(COC(C)CC)oc1C. The Hall–Kier alpha value is -0.800. The summed E-state index contributed by atoms with van der Waals surface area (Å²) in [5.41, 5.74) is 1.24. The first-order chi connectivity index (χ1) is 8.17. The van der Waals surface area contributed by atoms with Gasteiger partial charge in [0, 0.05) is 12.1 Å². The molecule has 3 heteroatoms. The predicted molar refractivity (Wildman–Crippen MR) is 70.0 cm³/mol. The molecule has 1 atom stereocenters. The number of ether oxygens (including phenoxy) is 1. The Kier molecular flexibility index (Phi) is 6.30. The molecule has 1 aromatic heterocycles. The van der Waals surface area contributed by atoms with Crippen LogP contribution in [0.4, 0.5) is 0 Å². The van der Waals surface area contributed by atoms with Gasteiger partial charge in [-0.15, -0.1) is 0 Å². The zero-order valence-corrected chi connectivity index (χ0v) is 11.5. The summed E-state index contributed by atoms with van der Waals surface area (Å²) in [6, 6.07) is 2.10. The van der Waals surface area contributed by atoms with Gasteiger partial charge in [-0.25, -0.2) is 0 Å². The molecule has 17 heavy (non-hydrogen) atoms. The molecule has 0 bridgehead atoms. The highest BCUT2D eigenvalue weighted by molar-refractivity contribution is 5.20. The van der Waals surface area contributed by atoms with E-state index in [-0.39, 0.29) is 0 Å². The van der Waals surface area contributed by atoms with E-state index in [4.69, 9.17) is 9.15 Å². The van der Waals surface area contributed by atoms with E-state index < -0.39 is 0 Å². The largest absolute Gasteiger partial charge is 0.464 e.